The summed E-state index contributed by atoms with van der Waals surface area (Å²) in [6.07, 6.45) is 0.714. The molecule has 0 aliphatic rings. The zero-order chi connectivity index (χ0) is 7.28. The van der Waals surface area contributed by atoms with Crippen molar-refractivity contribution in [2.45, 2.75) is 13.3 Å². The first kappa shape index (κ1) is 8.59. The molecule has 0 fully saturated rings. The largest absolute Gasteiger partial charge is 0.330 e. The van der Waals surface area contributed by atoms with Crippen molar-refractivity contribution in [2.75, 3.05) is 13.1 Å². The van der Waals surface area contributed by atoms with Crippen molar-refractivity contribution < 1.29 is 4.79 Å². The van der Waals surface area contributed by atoms with Crippen LogP contribution in [0.5, 0.6) is 0 Å². The molecule has 0 saturated carbocycles. The smallest absolute Gasteiger partial charge is 0.134 e. The molecule has 0 amide bonds. The molecule has 0 aliphatic carbocycles. The predicted molar refractivity (Wildman–Crippen MR) is 36.9 cm³/mol. The molecule has 0 bridgehead atoms. The summed E-state index contributed by atoms with van der Waals surface area (Å²) in [6, 6.07) is 0. The Kier molecular flexibility index (Phi) is 4.26. The van der Waals surface area contributed by atoms with Gasteiger partial charge in [-0.25, -0.2) is 0 Å². The molecule has 3 heteroatoms. The molecular weight excluding hydrogens is 116 g/mol. The van der Waals surface area contributed by atoms with Crippen LogP contribution in [0.15, 0.2) is 0 Å². The van der Waals surface area contributed by atoms with Crippen LogP contribution in [0, 0.1) is 5.92 Å². The molecule has 0 heterocycles. The van der Waals surface area contributed by atoms with Crippen molar-refractivity contribution in [1.29, 1.82) is 0 Å². The topological polar surface area (TPSA) is 69.1 Å². The van der Waals surface area contributed by atoms with Crippen LogP contribution in [0.4, 0.5) is 0 Å². The van der Waals surface area contributed by atoms with E-state index in [0.29, 0.717) is 19.5 Å². The summed E-state index contributed by atoms with van der Waals surface area (Å²) < 4.78 is 0. The summed E-state index contributed by atoms with van der Waals surface area (Å²) in [4.78, 5) is 10.6. The number of ketones is 1. The van der Waals surface area contributed by atoms with E-state index < -0.39 is 0 Å². The van der Waals surface area contributed by atoms with Gasteiger partial charge in [-0.2, -0.15) is 0 Å². The maximum absolute atomic E-state index is 10.6. The third-order valence-corrected chi connectivity index (χ3v) is 1.37. The van der Waals surface area contributed by atoms with E-state index in [0.717, 1.165) is 0 Å². The Morgan fingerprint density at radius 1 is 1.56 bits per heavy atom. The third kappa shape index (κ3) is 3.21. The molecule has 3 nitrogen and oxygen atoms in total. The fourth-order valence-electron chi connectivity index (χ4n) is 0.688. The molecule has 0 aliphatic heterocycles. The second-order valence-corrected chi connectivity index (χ2v) is 2.12. The molecule has 0 aromatic rings. The lowest BCUT2D eigenvalue weighted by Gasteiger charge is -2.07. The molecule has 0 aromatic carbocycles. The minimum absolute atomic E-state index is 0.0185. The van der Waals surface area contributed by atoms with Gasteiger partial charge in [0.15, 0.2) is 0 Å². The first-order valence-corrected chi connectivity index (χ1v) is 3.13. The van der Waals surface area contributed by atoms with Crippen molar-refractivity contribution in [3.63, 3.8) is 0 Å². The van der Waals surface area contributed by atoms with E-state index in [1.807, 2.05) is 0 Å². The van der Waals surface area contributed by atoms with Crippen LogP contribution in [0.3, 0.4) is 0 Å². The number of hydrogen-bond acceptors (Lipinski definition) is 3. The first-order valence-electron chi connectivity index (χ1n) is 3.13. The quantitative estimate of drug-likeness (QED) is 0.539. The molecule has 54 valence electrons. The lowest BCUT2D eigenvalue weighted by molar-refractivity contribution is -0.120. The highest BCUT2D eigenvalue weighted by Crippen LogP contribution is 1.99. The van der Waals surface area contributed by atoms with Gasteiger partial charge in [0.05, 0.1) is 0 Å². The summed E-state index contributed by atoms with van der Waals surface area (Å²) in [5.74, 6) is 0.123. The number of carbonyl (C=O) groups excluding carboxylic acids is 1. The standard InChI is InChI=1S/C6H14N2O/c1-5(9)6(4-8)2-3-7/h6H,2-4,7-8H2,1H3. The molecule has 0 radical (unpaired) electrons. The average Bonchev–Trinajstić information content (AvgIpc) is 1.82. The van der Waals surface area contributed by atoms with Crippen LogP contribution >= 0.6 is 0 Å². The van der Waals surface area contributed by atoms with E-state index in [4.69, 9.17) is 11.5 Å². The van der Waals surface area contributed by atoms with Crippen LogP contribution in [-0.2, 0) is 4.79 Å². The van der Waals surface area contributed by atoms with Gasteiger partial charge in [0.1, 0.15) is 5.78 Å². The maximum atomic E-state index is 10.6. The molecule has 9 heavy (non-hydrogen) atoms. The normalized spacial score (nSPS) is 13.2. The minimum atomic E-state index is -0.0185. The Morgan fingerprint density at radius 3 is 2.22 bits per heavy atom. The van der Waals surface area contributed by atoms with E-state index in [1.54, 1.807) is 6.92 Å². The maximum Gasteiger partial charge on any atom is 0.134 e. The van der Waals surface area contributed by atoms with Crippen LogP contribution in [0.2, 0.25) is 0 Å². The Morgan fingerprint density at radius 2 is 2.11 bits per heavy atom. The van der Waals surface area contributed by atoms with Crippen molar-refractivity contribution in [3.05, 3.63) is 0 Å². The number of hydrogen-bond donors (Lipinski definition) is 2. The van der Waals surface area contributed by atoms with Crippen molar-refractivity contribution in [3.8, 4) is 0 Å². The number of nitrogens with two attached hydrogens (primary N) is 2. The molecule has 0 saturated heterocycles. The predicted octanol–water partition coefficient (Wildman–Crippen LogP) is -0.501. The average molecular weight is 130 g/mol. The first-order chi connectivity index (χ1) is 4.22. The molecule has 0 spiro atoms. The third-order valence-electron chi connectivity index (χ3n) is 1.37. The highest BCUT2D eigenvalue weighted by Gasteiger charge is 2.09. The van der Waals surface area contributed by atoms with Gasteiger partial charge in [-0.1, -0.05) is 0 Å². The summed E-state index contributed by atoms with van der Waals surface area (Å²) in [6.45, 7) is 2.52. The zero-order valence-electron chi connectivity index (χ0n) is 5.76. The van der Waals surface area contributed by atoms with Gasteiger partial charge in [-0.3, -0.25) is 4.79 Å². The highest BCUT2D eigenvalue weighted by atomic mass is 16.1. The zero-order valence-corrected chi connectivity index (χ0v) is 5.76. The number of rotatable bonds is 4. The van der Waals surface area contributed by atoms with Crippen molar-refractivity contribution in [2.24, 2.45) is 17.4 Å². The van der Waals surface area contributed by atoms with E-state index in [9.17, 15) is 4.79 Å². The molecule has 0 rings (SSSR count). The molecular formula is C6H14N2O. The summed E-state index contributed by atoms with van der Waals surface area (Å²) >= 11 is 0. The number of Topliss-reactive ketones (excluding diaryl/α,β-unsaturated/α-hetero) is 1. The Balaban J connectivity index is 3.54. The summed E-state index contributed by atoms with van der Waals surface area (Å²) in [5, 5.41) is 0. The van der Waals surface area contributed by atoms with Gasteiger partial charge in [0, 0.05) is 12.5 Å². The fourth-order valence-corrected chi connectivity index (χ4v) is 0.688. The highest BCUT2D eigenvalue weighted by molar-refractivity contribution is 5.78. The van der Waals surface area contributed by atoms with Gasteiger partial charge in [-0.05, 0) is 19.9 Å². The SMILES string of the molecule is CC(=O)C(CN)CCN. The van der Waals surface area contributed by atoms with E-state index in [2.05, 4.69) is 0 Å². The van der Waals surface area contributed by atoms with Crippen molar-refractivity contribution in [1.82, 2.24) is 0 Å². The molecule has 0 aromatic heterocycles. The van der Waals surface area contributed by atoms with E-state index in [1.165, 1.54) is 0 Å². The van der Waals surface area contributed by atoms with Gasteiger partial charge < -0.3 is 11.5 Å². The Hall–Kier alpha value is -0.410. The molecule has 1 atom stereocenters. The van der Waals surface area contributed by atoms with Gasteiger partial charge in [0.2, 0.25) is 0 Å². The number of carbonyl (C=O) groups is 1. The second kappa shape index (κ2) is 4.47. The van der Waals surface area contributed by atoms with Crippen molar-refractivity contribution >= 4 is 5.78 Å². The van der Waals surface area contributed by atoms with Crippen LogP contribution in [0.25, 0.3) is 0 Å². The van der Waals surface area contributed by atoms with Gasteiger partial charge >= 0.3 is 0 Å². The minimum Gasteiger partial charge on any atom is -0.330 e. The summed E-state index contributed by atoms with van der Waals surface area (Å²) in [5.41, 5.74) is 10.5. The van der Waals surface area contributed by atoms with Crippen LogP contribution in [-0.4, -0.2) is 18.9 Å². The summed E-state index contributed by atoms with van der Waals surface area (Å²) in [7, 11) is 0. The lowest BCUT2D eigenvalue weighted by atomic mass is 10.0. The van der Waals surface area contributed by atoms with E-state index in [-0.39, 0.29) is 11.7 Å². The van der Waals surface area contributed by atoms with Gasteiger partial charge in [-0.15, -0.1) is 0 Å². The Labute approximate surface area is 55.4 Å². The monoisotopic (exact) mass is 130 g/mol. The fraction of sp³-hybridized carbons (Fsp3) is 0.833. The van der Waals surface area contributed by atoms with Crippen LogP contribution < -0.4 is 11.5 Å². The van der Waals surface area contributed by atoms with Gasteiger partial charge in [0.25, 0.3) is 0 Å². The second-order valence-electron chi connectivity index (χ2n) is 2.12. The molecule has 4 N–H and O–H groups in total. The van der Waals surface area contributed by atoms with E-state index >= 15 is 0 Å². The van der Waals surface area contributed by atoms with Crippen LogP contribution in [0.1, 0.15) is 13.3 Å². The molecule has 1 unspecified atom stereocenters. The Bertz CT molecular complexity index is 93.1. The lowest BCUT2D eigenvalue weighted by Crippen LogP contribution is -2.24.